The van der Waals surface area contributed by atoms with Crippen molar-refractivity contribution in [3.63, 3.8) is 0 Å². The van der Waals surface area contributed by atoms with Crippen molar-refractivity contribution in [2.45, 2.75) is 33.2 Å². The molecule has 0 radical (unpaired) electrons. The maximum Gasteiger partial charge on any atom is 0.161 e. The summed E-state index contributed by atoms with van der Waals surface area (Å²) in [7, 11) is 0. The molecule has 2 rings (SSSR count). The normalized spacial score (nSPS) is 19.8. The fourth-order valence-electron chi connectivity index (χ4n) is 1.94. The summed E-state index contributed by atoms with van der Waals surface area (Å²) in [5.74, 6) is 1.77. The number of benzene rings is 1. The van der Waals surface area contributed by atoms with Crippen LogP contribution >= 0.6 is 27.7 Å². The first-order valence-electron chi connectivity index (χ1n) is 6.30. The van der Waals surface area contributed by atoms with E-state index in [2.05, 4.69) is 60.2 Å². The van der Waals surface area contributed by atoms with E-state index in [0.717, 1.165) is 21.1 Å². The largest absolute Gasteiger partial charge is 0.334 e. The second-order valence-electron chi connectivity index (χ2n) is 4.94. The summed E-state index contributed by atoms with van der Waals surface area (Å²) in [6.45, 7) is 6.58. The zero-order valence-corrected chi connectivity index (χ0v) is 13.4. The van der Waals surface area contributed by atoms with Gasteiger partial charge in [-0.05, 0) is 46.8 Å². The van der Waals surface area contributed by atoms with E-state index in [4.69, 9.17) is 4.99 Å². The molecule has 4 heteroatoms. The topological polar surface area (TPSA) is 24.4 Å². The van der Waals surface area contributed by atoms with Crippen LogP contribution in [0, 0.1) is 12.8 Å². The van der Waals surface area contributed by atoms with Crippen LogP contribution in [0.1, 0.15) is 25.8 Å². The summed E-state index contributed by atoms with van der Waals surface area (Å²) in [5, 5.41) is 4.49. The molecule has 18 heavy (non-hydrogen) atoms. The maximum atomic E-state index is 4.80. The Bertz CT molecular complexity index is 457. The first kappa shape index (κ1) is 13.9. The van der Waals surface area contributed by atoms with Gasteiger partial charge in [-0.3, -0.25) is 4.99 Å². The van der Waals surface area contributed by atoms with E-state index in [1.165, 1.54) is 12.0 Å². The number of hydrogen-bond acceptors (Lipinski definition) is 3. The van der Waals surface area contributed by atoms with Crippen molar-refractivity contribution in [3.8, 4) is 0 Å². The van der Waals surface area contributed by atoms with Gasteiger partial charge < -0.3 is 5.32 Å². The molecule has 1 unspecified atom stereocenters. The molecule has 0 aromatic heterocycles. The van der Waals surface area contributed by atoms with E-state index in [1.54, 1.807) is 0 Å². The fraction of sp³-hybridized carbons (Fsp3) is 0.500. The van der Waals surface area contributed by atoms with Crippen molar-refractivity contribution in [1.29, 1.82) is 0 Å². The summed E-state index contributed by atoms with van der Waals surface area (Å²) in [6, 6.07) is 6.70. The first-order valence-corrected chi connectivity index (χ1v) is 8.08. The molecule has 1 aliphatic rings. The average molecular weight is 327 g/mol. The quantitative estimate of drug-likeness (QED) is 0.852. The minimum atomic E-state index is 0.456. The second-order valence-corrected chi connectivity index (χ2v) is 6.82. The van der Waals surface area contributed by atoms with Crippen molar-refractivity contribution in [1.82, 2.24) is 0 Å². The van der Waals surface area contributed by atoms with Crippen LogP contribution in [0.5, 0.6) is 0 Å². The van der Waals surface area contributed by atoms with Gasteiger partial charge in [0, 0.05) is 10.2 Å². The van der Waals surface area contributed by atoms with Crippen LogP contribution in [0.4, 0.5) is 5.69 Å². The molecule has 2 nitrogen and oxygen atoms in total. The molecule has 0 bridgehead atoms. The molecule has 1 aromatic carbocycles. The summed E-state index contributed by atoms with van der Waals surface area (Å²) in [5.41, 5.74) is 2.34. The lowest BCUT2D eigenvalue weighted by molar-refractivity contribution is 0.485. The lowest BCUT2D eigenvalue weighted by Crippen LogP contribution is -2.24. The molecule has 1 aliphatic heterocycles. The molecular formula is C14H19BrN2S. The highest BCUT2D eigenvalue weighted by Gasteiger charge is 2.19. The molecular weight excluding hydrogens is 308 g/mol. The SMILES string of the molecule is Cc1cccc(NC2=NC(C(C)C)CCS2)c1Br. The number of halogens is 1. The van der Waals surface area contributed by atoms with E-state index in [-0.39, 0.29) is 0 Å². The number of amidine groups is 1. The van der Waals surface area contributed by atoms with Gasteiger partial charge in [-0.1, -0.05) is 37.7 Å². The zero-order chi connectivity index (χ0) is 13.1. The smallest absolute Gasteiger partial charge is 0.161 e. The Morgan fingerprint density at radius 3 is 2.94 bits per heavy atom. The minimum absolute atomic E-state index is 0.456. The number of anilines is 1. The predicted octanol–water partition coefficient (Wildman–Crippen LogP) is 4.69. The number of nitrogens with one attached hydrogen (secondary N) is 1. The second kappa shape index (κ2) is 6.11. The molecule has 1 atom stereocenters. The minimum Gasteiger partial charge on any atom is -0.334 e. The highest BCUT2D eigenvalue weighted by molar-refractivity contribution is 9.10. The summed E-state index contributed by atoms with van der Waals surface area (Å²) in [6.07, 6.45) is 1.18. The highest BCUT2D eigenvalue weighted by atomic mass is 79.9. The Labute approximate surface area is 122 Å². The summed E-state index contributed by atoms with van der Waals surface area (Å²) < 4.78 is 1.12. The summed E-state index contributed by atoms with van der Waals surface area (Å²) >= 11 is 5.44. The van der Waals surface area contributed by atoms with Gasteiger partial charge in [0.15, 0.2) is 5.17 Å². The Morgan fingerprint density at radius 1 is 1.44 bits per heavy atom. The molecule has 0 fully saturated rings. The Morgan fingerprint density at radius 2 is 2.22 bits per heavy atom. The van der Waals surface area contributed by atoms with Crippen LogP contribution in [-0.2, 0) is 0 Å². The van der Waals surface area contributed by atoms with Gasteiger partial charge in [-0.2, -0.15) is 0 Å². The Kier molecular flexibility index (Phi) is 4.73. The van der Waals surface area contributed by atoms with E-state index in [0.29, 0.717) is 12.0 Å². The maximum absolute atomic E-state index is 4.80. The van der Waals surface area contributed by atoms with E-state index < -0.39 is 0 Å². The third-order valence-electron chi connectivity index (χ3n) is 3.14. The van der Waals surface area contributed by atoms with Gasteiger partial charge in [0.2, 0.25) is 0 Å². The molecule has 0 saturated heterocycles. The lowest BCUT2D eigenvalue weighted by atomic mass is 10.0. The summed E-state index contributed by atoms with van der Waals surface area (Å²) in [4.78, 5) is 4.80. The molecule has 0 amide bonds. The standard InChI is InChI=1S/C14H19BrN2S/c1-9(2)11-7-8-18-14(16-11)17-12-6-4-5-10(3)13(12)15/h4-6,9,11H,7-8H2,1-3H3,(H,16,17). The average Bonchev–Trinajstić information content (AvgIpc) is 2.35. The van der Waals surface area contributed by atoms with Gasteiger partial charge in [0.25, 0.3) is 0 Å². The van der Waals surface area contributed by atoms with Crippen LogP contribution in [0.25, 0.3) is 0 Å². The number of rotatable bonds is 2. The van der Waals surface area contributed by atoms with Gasteiger partial charge in [-0.25, -0.2) is 0 Å². The molecule has 0 spiro atoms. The third kappa shape index (κ3) is 3.29. The fourth-order valence-corrected chi connectivity index (χ4v) is 3.25. The van der Waals surface area contributed by atoms with Gasteiger partial charge >= 0.3 is 0 Å². The molecule has 98 valence electrons. The van der Waals surface area contributed by atoms with Crippen LogP contribution < -0.4 is 5.32 Å². The van der Waals surface area contributed by atoms with Gasteiger partial charge in [0.05, 0.1) is 11.7 Å². The molecule has 1 N–H and O–H groups in total. The van der Waals surface area contributed by atoms with Gasteiger partial charge in [0.1, 0.15) is 0 Å². The van der Waals surface area contributed by atoms with Crippen molar-refractivity contribution in [2.24, 2.45) is 10.9 Å². The number of nitrogens with zero attached hydrogens (tertiary/aromatic N) is 1. The van der Waals surface area contributed by atoms with Crippen molar-refractivity contribution >= 4 is 38.5 Å². The molecule has 1 aromatic rings. The van der Waals surface area contributed by atoms with Crippen LogP contribution in [0.2, 0.25) is 0 Å². The lowest BCUT2D eigenvalue weighted by Gasteiger charge is -2.23. The number of aliphatic imine (C=N–C) groups is 1. The highest BCUT2D eigenvalue weighted by Crippen LogP contribution is 2.29. The number of hydrogen-bond donors (Lipinski definition) is 1. The monoisotopic (exact) mass is 326 g/mol. The van der Waals surface area contributed by atoms with Crippen molar-refractivity contribution in [2.75, 3.05) is 11.1 Å². The van der Waals surface area contributed by atoms with E-state index in [1.807, 2.05) is 11.8 Å². The van der Waals surface area contributed by atoms with Crippen molar-refractivity contribution < 1.29 is 0 Å². The molecule has 0 saturated carbocycles. The van der Waals surface area contributed by atoms with E-state index >= 15 is 0 Å². The first-order chi connectivity index (χ1) is 8.58. The zero-order valence-electron chi connectivity index (χ0n) is 11.0. The number of thioether (sulfide) groups is 1. The molecule has 0 aliphatic carbocycles. The molecule has 1 heterocycles. The number of aryl methyl sites for hydroxylation is 1. The Balaban J connectivity index is 2.16. The van der Waals surface area contributed by atoms with Crippen LogP contribution in [0.3, 0.4) is 0 Å². The van der Waals surface area contributed by atoms with Crippen LogP contribution in [-0.4, -0.2) is 17.0 Å². The Hall–Kier alpha value is -0.480. The van der Waals surface area contributed by atoms with Gasteiger partial charge in [-0.15, -0.1) is 0 Å². The third-order valence-corrected chi connectivity index (χ3v) is 5.11. The van der Waals surface area contributed by atoms with Crippen LogP contribution in [0.15, 0.2) is 27.7 Å². The van der Waals surface area contributed by atoms with E-state index in [9.17, 15) is 0 Å². The van der Waals surface area contributed by atoms with Crippen molar-refractivity contribution in [3.05, 3.63) is 28.2 Å². The predicted molar refractivity (Wildman–Crippen MR) is 85.6 cm³/mol.